The van der Waals surface area contributed by atoms with E-state index < -0.39 is 0 Å². The van der Waals surface area contributed by atoms with Crippen LogP contribution in [0.15, 0.2) is 0 Å². The Labute approximate surface area is 133 Å². The normalized spacial score (nSPS) is 32.7. The monoisotopic (exact) mass is 307 g/mol. The largest absolute Gasteiger partial charge is 0.378 e. The predicted molar refractivity (Wildman–Crippen MR) is 84.7 cm³/mol. The van der Waals surface area contributed by atoms with E-state index in [1.165, 1.54) is 19.3 Å². The fraction of sp³-hybridized carbons (Fsp3) is 0.941. The fourth-order valence-corrected chi connectivity index (χ4v) is 4.73. The Balaban J connectivity index is 1.51. The summed E-state index contributed by atoms with van der Waals surface area (Å²) in [6.07, 6.45) is 4.14. The third-order valence-corrected chi connectivity index (χ3v) is 6.14. The summed E-state index contributed by atoms with van der Waals surface area (Å²) < 4.78 is 5.70. The highest BCUT2D eigenvalue weighted by Crippen LogP contribution is 2.40. The molecular weight excluding hydrogens is 278 g/mol. The van der Waals surface area contributed by atoms with Gasteiger partial charge in [-0.1, -0.05) is 20.3 Å². The molecule has 3 heterocycles. The van der Waals surface area contributed by atoms with Crippen LogP contribution in [-0.2, 0) is 9.53 Å². The van der Waals surface area contributed by atoms with Gasteiger partial charge < -0.3 is 9.64 Å². The maximum atomic E-state index is 12.5. The Bertz CT molecular complexity index is 443. The van der Waals surface area contributed by atoms with Crippen LogP contribution in [0.25, 0.3) is 0 Å². The van der Waals surface area contributed by atoms with E-state index in [9.17, 15) is 4.79 Å². The quantitative estimate of drug-likeness (QED) is 0.756. The lowest BCUT2D eigenvalue weighted by atomic mass is 9.78. The van der Waals surface area contributed by atoms with Crippen molar-refractivity contribution in [2.75, 3.05) is 45.9 Å². The lowest BCUT2D eigenvalue weighted by molar-refractivity contribution is -0.185. The first-order chi connectivity index (χ1) is 10.6. The van der Waals surface area contributed by atoms with Crippen molar-refractivity contribution in [1.82, 2.24) is 14.7 Å². The van der Waals surface area contributed by atoms with Crippen molar-refractivity contribution in [2.45, 2.75) is 50.7 Å². The maximum absolute atomic E-state index is 12.5. The van der Waals surface area contributed by atoms with Gasteiger partial charge in [0.25, 0.3) is 0 Å². The number of hydrogen-bond acceptors (Lipinski definition) is 4. The maximum Gasteiger partial charge on any atom is 0.225 e. The Morgan fingerprint density at radius 3 is 2.59 bits per heavy atom. The molecule has 1 atom stereocenters. The van der Waals surface area contributed by atoms with Crippen molar-refractivity contribution in [3.63, 3.8) is 0 Å². The molecule has 0 aromatic rings. The average Bonchev–Trinajstić information content (AvgIpc) is 2.42. The third-order valence-electron chi connectivity index (χ3n) is 6.14. The second-order valence-corrected chi connectivity index (χ2v) is 8.01. The van der Waals surface area contributed by atoms with Gasteiger partial charge in [0.1, 0.15) is 0 Å². The number of nitrogens with zero attached hydrogens (tertiary/aromatic N) is 3. The Morgan fingerprint density at radius 1 is 1.18 bits per heavy atom. The highest BCUT2D eigenvalue weighted by molar-refractivity contribution is 5.78. The third kappa shape index (κ3) is 2.29. The van der Waals surface area contributed by atoms with Gasteiger partial charge in [0.2, 0.25) is 5.91 Å². The van der Waals surface area contributed by atoms with Crippen LogP contribution in [0.4, 0.5) is 0 Å². The standard InChI is InChI=1S/C17H29N3O2/c1-13(2)16(21)18-8-15-9-22-7-6-20(15)17(10-18)11-19(12-17)14-4-3-5-14/h13-15H,3-12H2,1-2H3. The first-order valence-corrected chi connectivity index (χ1v) is 8.96. The first kappa shape index (κ1) is 14.9. The minimum atomic E-state index is 0.0934. The number of likely N-dealkylation sites (tertiary alicyclic amines) is 1. The van der Waals surface area contributed by atoms with E-state index in [1.807, 2.05) is 13.8 Å². The summed E-state index contributed by atoms with van der Waals surface area (Å²) in [5.74, 6) is 0.405. The van der Waals surface area contributed by atoms with Gasteiger partial charge in [0.05, 0.1) is 24.8 Å². The van der Waals surface area contributed by atoms with E-state index in [0.717, 1.165) is 52.0 Å². The number of carbonyl (C=O) groups is 1. The van der Waals surface area contributed by atoms with E-state index in [1.54, 1.807) is 0 Å². The fourth-order valence-electron chi connectivity index (χ4n) is 4.73. The number of carbonyl (C=O) groups excluding carboxylic acids is 1. The van der Waals surface area contributed by atoms with Gasteiger partial charge in [0, 0.05) is 44.7 Å². The van der Waals surface area contributed by atoms with Crippen LogP contribution in [0.1, 0.15) is 33.1 Å². The Morgan fingerprint density at radius 2 is 1.95 bits per heavy atom. The molecule has 124 valence electrons. The molecule has 5 heteroatoms. The molecule has 4 rings (SSSR count). The second kappa shape index (κ2) is 5.46. The van der Waals surface area contributed by atoms with Gasteiger partial charge in [-0.25, -0.2) is 0 Å². The van der Waals surface area contributed by atoms with Crippen molar-refractivity contribution in [3.05, 3.63) is 0 Å². The highest BCUT2D eigenvalue weighted by Gasteiger charge is 2.56. The number of hydrogen-bond donors (Lipinski definition) is 0. The number of piperazine rings is 1. The zero-order valence-electron chi connectivity index (χ0n) is 14.0. The van der Waals surface area contributed by atoms with Crippen LogP contribution in [0.2, 0.25) is 0 Å². The summed E-state index contributed by atoms with van der Waals surface area (Å²) in [4.78, 5) is 20.0. The van der Waals surface area contributed by atoms with Gasteiger partial charge >= 0.3 is 0 Å². The summed E-state index contributed by atoms with van der Waals surface area (Å²) in [6.45, 7) is 10.8. The molecule has 1 unspecified atom stereocenters. The SMILES string of the molecule is CC(C)C(=O)N1CC2COCCN2C2(C1)CN(C1CCC1)C2. The minimum Gasteiger partial charge on any atom is -0.378 e. The van der Waals surface area contributed by atoms with Gasteiger partial charge in [-0.3, -0.25) is 14.6 Å². The molecule has 0 aromatic carbocycles. The molecule has 1 saturated carbocycles. The van der Waals surface area contributed by atoms with E-state index in [-0.39, 0.29) is 11.5 Å². The van der Waals surface area contributed by atoms with Crippen molar-refractivity contribution < 1.29 is 9.53 Å². The Kier molecular flexibility index (Phi) is 3.70. The van der Waals surface area contributed by atoms with Crippen LogP contribution in [0.3, 0.4) is 0 Å². The summed E-state index contributed by atoms with van der Waals surface area (Å²) in [5.41, 5.74) is 0.201. The summed E-state index contributed by atoms with van der Waals surface area (Å²) in [7, 11) is 0. The lowest BCUT2D eigenvalue weighted by Crippen LogP contribution is -2.82. The number of amides is 1. The van der Waals surface area contributed by atoms with E-state index in [4.69, 9.17) is 4.74 Å². The molecule has 3 aliphatic heterocycles. The second-order valence-electron chi connectivity index (χ2n) is 8.01. The van der Waals surface area contributed by atoms with Gasteiger partial charge in [-0.2, -0.15) is 0 Å². The molecule has 0 aromatic heterocycles. The minimum absolute atomic E-state index is 0.0934. The van der Waals surface area contributed by atoms with Gasteiger partial charge in [0.15, 0.2) is 0 Å². The topological polar surface area (TPSA) is 36.0 Å². The van der Waals surface area contributed by atoms with Gasteiger partial charge in [-0.15, -0.1) is 0 Å². The Hall–Kier alpha value is -0.650. The lowest BCUT2D eigenvalue weighted by Gasteiger charge is -2.65. The molecule has 1 spiro atoms. The molecule has 4 aliphatic rings. The van der Waals surface area contributed by atoms with Crippen LogP contribution in [-0.4, -0.2) is 84.2 Å². The summed E-state index contributed by atoms with van der Waals surface area (Å²) in [6, 6.07) is 1.22. The molecule has 3 saturated heterocycles. The molecule has 1 aliphatic carbocycles. The number of fused-ring (bicyclic) bond motifs is 2. The molecule has 22 heavy (non-hydrogen) atoms. The number of morpholine rings is 1. The molecule has 0 bridgehead atoms. The zero-order chi connectivity index (χ0) is 15.3. The number of rotatable bonds is 2. The van der Waals surface area contributed by atoms with E-state index >= 15 is 0 Å². The summed E-state index contributed by atoms with van der Waals surface area (Å²) in [5, 5.41) is 0. The molecule has 4 fully saturated rings. The van der Waals surface area contributed by atoms with E-state index in [0.29, 0.717) is 11.9 Å². The van der Waals surface area contributed by atoms with Crippen LogP contribution < -0.4 is 0 Å². The molecule has 0 N–H and O–H groups in total. The predicted octanol–water partition coefficient (Wildman–Crippen LogP) is 0.792. The molecule has 5 nitrogen and oxygen atoms in total. The zero-order valence-corrected chi connectivity index (χ0v) is 14.0. The van der Waals surface area contributed by atoms with Crippen molar-refractivity contribution in [1.29, 1.82) is 0 Å². The van der Waals surface area contributed by atoms with Crippen molar-refractivity contribution in [3.8, 4) is 0 Å². The molecule has 1 amide bonds. The average molecular weight is 307 g/mol. The summed E-state index contributed by atoms with van der Waals surface area (Å²) >= 11 is 0. The number of ether oxygens (including phenoxy) is 1. The van der Waals surface area contributed by atoms with E-state index in [2.05, 4.69) is 14.7 Å². The van der Waals surface area contributed by atoms with Gasteiger partial charge in [-0.05, 0) is 12.8 Å². The van der Waals surface area contributed by atoms with Crippen molar-refractivity contribution in [2.24, 2.45) is 5.92 Å². The van der Waals surface area contributed by atoms with Crippen molar-refractivity contribution >= 4 is 5.91 Å². The first-order valence-electron chi connectivity index (χ1n) is 8.96. The molecule has 0 radical (unpaired) electrons. The highest BCUT2D eigenvalue weighted by atomic mass is 16.5. The smallest absolute Gasteiger partial charge is 0.225 e. The van der Waals surface area contributed by atoms with Crippen LogP contribution in [0, 0.1) is 5.92 Å². The van der Waals surface area contributed by atoms with Crippen LogP contribution >= 0.6 is 0 Å². The van der Waals surface area contributed by atoms with Crippen LogP contribution in [0.5, 0.6) is 0 Å². The molecular formula is C17H29N3O2.